The Morgan fingerprint density at radius 2 is 1.14 bits per heavy atom. The van der Waals surface area contributed by atoms with Crippen molar-refractivity contribution in [3.05, 3.63) is 0 Å². The van der Waals surface area contributed by atoms with Gasteiger partial charge < -0.3 is 0 Å². The van der Waals surface area contributed by atoms with Crippen molar-refractivity contribution in [1.82, 2.24) is 10.0 Å². The van der Waals surface area contributed by atoms with Crippen LogP contribution in [0.1, 0.15) is 92.4 Å². The summed E-state index contributed by atoms with van der Waals surface area (Å²) in [6.07, 6.45) is 9.69. The molecule has 0 saturated heterocycles. The number of nitrogens with zero attached hydrogens (tertiary/aromatic N) is 4. The lowest BCUT2D eigenvalue weighted by atomic mass is 9.75. The van der Waals surface area contributed by atoms with Crippen LogP contribution in [0, 0.1) is 17.8 Å². The third-order valence-corrected chi connectivity index (χ3v) is 6.27. The summed E-state index contributed by atoms with van der Waals surface area (Å²) in [7, 11) is 0. The maximum Gasteiger partial charge on any atom is 0.251 e. The molecule has 0 aromatic carbocycles. The van der Waals surface area contributed by atoms with Crippen LogP contribution in [-0.2, 0) is 9.59 Å². The molecule has 0 N–H and O–H groups in total. The largest absolute Gasteiger partial charge is 0.272 e. The summed E-state index contributed by atoms with van der Waals surface area (Å²) in [4.78, 5) is 26.2. The molecule has 0 aliphatic carbocycles. The molecule has 2 unspecified atom stereocenters. The van der Waals surface area contributed by atoms with Crippen LogP contribution in [0.5, 0.6) is 0 Å². The van der Waals surface area contributed by atoms with Gasteiger partial charge in [-0.1, -0.05) is 65.7 Å². The van der Waals surface area contributed by atoms with Crippen LogP contribution in [0.25, 0.3) is 0 Å². The van der Waals surface area contributed by atoms with E-state index in [4.69, 9.17) is 0 Å². The second-order valence-corrected chi connectivity index (χ2v) is 8.55. The van der Waals surface area contributed by atoms with E-state index in [1.807, 2.05) is 13.8 Å². The van der Waals surface area contributed by atoms with Crippen LogP contribution < -0.4 is 0 Å². The second kappa shape index (κ2) is 11.5. The van der Waals surface area contributed by atoms with Crippen LogP contribution in [0.4, 0.5) is 0 Å². The molecule has 0 aromatic heterocycles. The standard InChI is InChI=1S/C23H40N4O2/c1-6-9-11-13-15-26-22(28)20(17(4)24-26)19(8-3)21-18(5)25-27(23(21)29)16-14-12-10-7-2/h19-21H,6-16H2,1-5H3. The Balaban J connectivity index is 2.03. The van der Waals surface area contributed by atoms with E-state index in [0.717, 1.165) is 43.5 Å². The number of unbranched alkanes of at least 4 members (excludes halogenated alkanes) is 6. The third kappa shape index (κ3) is 5.67. The minimum Gasteiger partial charge on any atom is -0.272 e. The fourth-order valence-electron chi connectivity index (χ4n) is 4.63. The second-order valence-electron chi connectivity index (χ2n) is 8.55. The van der Waals surface area contributed by atoms with Crippen molar-refractivity contribution in [3.8, 4) is 0 Å². The number of amides is 2. The predicted molar refractivity (Wildman–Crippen MR) is 119 cm³/mol. The lowest BCUT2D eigenvalue weighted by Crippen LogP contribution is -2.41. The van der Waals surface area contributed by atoms with Gasteiger partial charge in [0, 0.05) is 24.5 Å². The Morgan fingerprint density at radius 1 is 0.724 bits per heavy atom. The van der Waals surface area contributed by atoms with E-state index in [-0.39, 0.29) is 29.6 Å². The highest BCUT2D eigenvalue weighted by Gasteiger charge is 2.47. The average Bonchev–Trinajstić information content (AvgIpc) is 3.13. The van der Waals surface area contributed by atoms with Crippen LogP contribution in [0.2, 0.25) is 0 Å². The number of carbonyl (C=O) groups excluding carboxylic acids is 2. The molecule has 0 bridgehead atoms. The smallest absolute Gasteiger partial charge is 0.251 e. The van der Waals surface area contributed by atoms with E-state index in [1.54, 1.807) is 10.0 Å². The summed E-state index contributed by atoms with van der Waals surface area (Å²) in [5.74, 6) is -0.542. The molecular weight excluding hydrogens is 364 g/mol. The molecule has 0 fully saturated rings. The highest BCUT2D eigenvalue weighted by molar-refractivity contribution is 6.11. The molecular formula is C23H40N4O2. The number of carbonyl (C=O) groups is 2. The van der Waals surface area contributed by atoms with Gasteiger partial charge in [-0.15, -0.1) is 0 Å². The molecule has 2 amide bonds. The molecule has 6 heteroatoms. The van der Waals surface area contributed by atoms with E-state index in [0.29, 0.717) is 13.1 Å². The quantitative estimate of drug-likeness (QED) is 0.412. The number of hydrazone groups is 2. The summed E-state index contributed by atoms with van der Waals surface area (Å²) < 4.78 is 0. The Kier molecular flexibility index (Phi) is 9.31. The fourth-order valence-corrected chi connectivity index (χ4v) is 4.63. The molecule has 29 heavy (non-hydrogen) atoms. The third-order valence-electron chi connectivity index (χ3n) is 6.27. The van der Waals surface area contributed by atoms with Crippen LogP contribution >= 0.6 is 0 Å². The normalized spacial score (nSPS) is 23.1. The van der Waals surface area contributed by atoms with Gasteiger partial charge in [0.15, 0.2) is 0 Å². The first kappa shape index (κ1) is 23.6. The summed E-state index contributed by atoms with van der Waals surface area (Å²) in [6.45, 7) is 11.7. The van der Waals surface area contributed by atoms with Gasteiger partial charge in [-0.05, 0) is 32.6 Å². The van der Waals surface area contributed by atoms with E-state index < -0.39 is 0 Å². The van der Waals surface area contributed by atoms with Gasteiger partial charge in [0.2, 0.25) is 0 Å². The molecule has 6 nitrogen and oxygen atoms in total. The van der Waals surface area contributed by atoms with Crippen molar-refractivity contribution >= 4 is 23.2 Å². The van der Waals surface area contributed by atoms with Crippen molar-refractivity contribution in [2.75, 3.05) is 13.1 Å². The number of hydrogen-bond acceptors (Lipinski definition) is 4. The van der Waals surface area contributed by atoms with Gasteiger partial charge in [-0.2, -0.15) is 10.2 Å². The summed E-state index contributed by atoms with van der Waals surface area (Å²) in [5.41, 5.74) is 1.69. The lowest BCUT2D eigenvalue weighted by Gasteiger charge is -2.27. The molecule has 0 saturated carbocycles. The van der Waals surface area contributed by atoms with Crippen LogP contribution in [-0.4, -0.2) is 46.3 Å². The van der Waals surface area contributed by atoms with Crippen molar-refractivity contribution in [2.24, 2.45) is 28.0 Å². The highest BCUT2D eigenvalue weighted by atomic mass is 16.2. The zero-order valence-electron chi connectivity index (χ0n) is 19.1. The van der Waals surface area contributed by atoms with Crippen molar-refractivity contribution < 1.29 is 9.59 Å². The first-order valence-electron chi connectivity index (χ1n) is 11.7. The predicted octanol–water partition coefficient (Wildman–Crippen LogP) is 4.84. The Labute approximate surface area is 176 Å². The zero-order valence-corrected chi connectivity index (χ0v) is 19.1. The summed E-state index contributed by atoms with van der Waals surface area (Å²) in [6, 6.07) is 0. The minimum absolute atomic E-state index is 0.0628. The monoisotopic (exact) mass is 404 g/mol. The van der Waals surface area contributed by atoms with Crippen molar-refractivity contribution in [3.63, 3.8) is 0 Å². The minimum atomic E-state index is -0.301. The molecule has 0 spiro atoms. The van der Waals surface area contributed by atoms with Crippen LogP contribution in [0.3, 0.4) is 0 Å². The van der Waals surface area contributed by atoms with Gasteiger partial charge in [-0.3, -0.25) is 9.59 Å². The maximum absolute atomic E-state index is 13.1. The topological polar surface area (TPSA) is 65.3 Å². The van der Waals surface area contributed by atoms with E-state index in [2.05, 4.69) is 31.0 Å². The average molecular weight is 405 g/mol. The summed E-state index contributed by atoms with van der Waals surface area (Å²) in [5, 5.41) is 12.4. The first-order chi connectivity index (χ1) is 14.0. The van der Waals surface area contributed by atoms with Gasteiger partial charge in [0.1, 0.15) is 0 Å². The van der Waals surface area contributed by atoms with Crippen LogP contribution in [0.15, 0.2) is 10.2 Å². The molecule has 2 rings (SSSR count). The zero-order chi connectivity index (χ0) is 21.4. The van der Waals surface area contributed by atoms with Gasteiger partial charge >= 0.3 is 0 Å². The molecule has 2 aliphatic rings. The van der Waals surface area contributed by atoms with Gasteiger partial charge in [0.25, 0.3) is 11.8 Å². The lowest BCUT2D eigenvalue weighted by molar-refractivity contribution is -0.136. The van der Waals surface area contributed by atoms with Gasteiger partial charge in [-0.25, -0.2) is 10.0 Å². The van der Waals surface area contributed by atoms with E-state index >= 15 is 0 Å². The number of rotatable bonds is 13. The highest BCUT2D eigenvalue weighted by Crippen LogP contribution is 2.36. The Hall–Kier alpha value is -1.72. The molecule has 2 heterocycles. The van der Waals surface area contributed by atoms with E-state index in [1.165, 1.54) is 25.7 Å². The summed E-state index contributed by atoms with van der Waals surface area (Å²) >= 11 is 0. The molecule has 0 aromatic rings. The molecule has 2 atom stereocenters. The van der Waals surface area contributed by atoms with Gasteiger partial charge in [0.05, 0.1) is 11.8 Å². The van der Waals surface area contributed by atoms with Crippen molar-refractivity contribution in [2.45, 2.75) is 92.4 Å². The fraction of sp³-hybridized carbons (Fsp3) is 0.826. The molecule has 2 aliphatic heterocycles. The Bertz CT molecular complexity index is 576. The number of hydrogen-bond donors (Lipinski definition) is 0. The maximum atomic E-state index is 13.1. The Morgan fingerprint density at radius 3 is 1.48 bits per heavy atom. The van der Waals surface area contributed by atoms with Crippen molar-refractivity contribution in [1.29, 1.82) is 0 Å². The van der Waals surface area contributed by atoms with E-state index in [9.17, 15) is 9.59 Å². The molecule has 0 radical (unpaired) electrons. The molecule has 164 valence electrons. The first-order valence-corrected chi connectivity index (χ1v) is 11.7. The SMILES string of the molecule is CCCCCCN1N=C(C)C(C(CC)C2C(=O)N(CCCCCC)N=C2C)C1=O.